The normalized spacial score (nSPS) is 21.8. The first-order valence-electron chi connectivity index (χ1n) is 8.86. The number of ether oxygens (including phenoxy) is 2. The van der Waals surface area contributed by atoms with Crippen molar-refractivity contribution in [2.45, 2.75) is 38.5 Å². The molecule has 0 radical (unpaired) electrons. The summed E-state index contributed by atoms with van der Waals surface area (Å²) in [6.07, 6.45) is 5.58. The molecular weight excluding hydrogens is 322 g/mol. The predicted octanol–water partition coefficient (Wildman–Crippen LogP) is 2.77. The van der Waals surface area contributed by atoms with Crippen molar-refractivity contribution in [3.8, 4) is 0 Å². The molecule has 4 rings (SSSR count). The van der Waals surface area contributed by atoms with E-state index in [0.717, 1.165) is 64.4 Å². The summed E-state index contributed by atoms with van der Waals surface area (Å²) in [5, 5.41) is 12.7. The molecule has 2 aromatic rings. The van der Waals surface area contributed by atoms with Crippen LogP contribution in [0.15, 0.2) is 23.0 Å². The highest BCUT2D eigenvalue weighted by Crippen LogP contribution is 2.26. The lowest BCUT2D eigenvalue weighted by molar-refractivity contribution is 0.0388. The van der Waals surface area contributed by atoms with E-state index in [4.69, 9.17) is 14.6 Å². The maximum atomic E-state index is 5.97. The van der Waals surface area contributed by atoms with Gasteiger partial charge in [-0.25, -0.2) is 0 Å². The lowest BCUT2D eigenvalue weighted by Gasteiger charge is -2.22. The number of rotatable bonds is 6. The molecule has 0 spiro atoms. The first-order valence-corrected chi connectivity index (χ1v) is 9.80. The summed E-state index contributed by atoms with van der Waals surface area (Å²) in [5.74, 6) is 0.691. The van der Waals surface area contributed by atoms with Gasteiger partial charge in [-0.15, -0.1) is 0 Å². The molecule has 1 N–H and O–H groups in total. The Morgan fingerprint density at radius 2 is 2.21 bits per heavy atom. The van der Waals surface area contributed by atoms with Gasteiger partial charge >= 0.3 is 0 Å². The van der Waals surface area contributed by atoms with Gasteiger partial charge in [0.1, 0.15) is 6.10 Å². The van der Waals surface area contributed by atoms with Crippen molar-refractivity contribution in [2.75, 3.05) is 26.4 Å². The molecule has 1 atom stereocenters. The highest BCUT2D eigenvalue weighted by molar-refractivity contribution is 7.07. The second-order valence-electron chi connectivity index (χ2n) is 6.69. The second-order valence-corrected chi connectivity index (χ2v) is 7.47. The Morgan fingerprint density at radius 1 is 1.29 bits per heavy atom. The number of nitrogens with one attached hydrogen (secondary N) is 1. The van der Waals surface area contributed by atoms with Crippen LogP contribution in [0.4, 0.5) is 0 Å². The largest absolute Gasteiger partial charge is 0.381 e. The van der Waals surface area contributed by atoms with Crippen molar-refractivity contribution >= 4 is 11.3 Å². The van der Waals surface area contributed by atoms with E-state index >= 15 is 0 Å². The van der Waals surface area contributed by atoms with Crippen LogP contribution in [0.25, 0.3) is 0 Å². The molecule has 0 saturated carbocycles. The Bertz CT molecular complexity index is 635. The minimum absolute atomic E-state index is 0.0725. The number of hydrogen-bond donors (Lipinski definition) is 1. The van der Waals surface area contributed by atoms with Gasteiger partial charge in [0.25, 0.3) is 0 Å². The number of aromatic nitrogens is 2. The van der Waals surface area contributed by atoms with Gasteiger partial charge in [0, 0.05) is 39.0 Å². The van der Waals surface area contributed by atoms with Crippen LogP contribution in [-0.2, 0) is 29.0 Å². The molecule has 0 amide bonds. The van der Waals surface area contributed by atoms with Gasteiger partial charge in [-0.3, -0.25) is 4.68 Å². The van der Waals surface area contributed by atoms with Crippen LogP contribution in [0.3, 0.4) is 0 Å². The SMILES string of the molecule is c1cc(CNCC2OCCc3cn(CC4CCOCC4)nc32)cs1. The maximum Gasteiger partial charge on any atom is 0.114 e. The number of nitrogens with zero attached hydrogens (tertiary/aromatic N) is 2. The lowest BCUT2D eigenvalue weighted by atomic mass is 10.0. The number of hydrogen-bond acceptors (Lipinski definition) is 5. The summed E-state index contributed by atoms with van der Waals surface area (Å²) in [6.45, 7) is 5.29. The number of thiophene rings is 1. The second kappa shape index (κ2) is 7.78. The highest BCUT2D eigenvalue weighted by Gasteiger charge is 2.25. The summed E-state index contributed by atoms with van der Waals surface area (Å²) < 4.78 is 13.6. The quantitative estimate of drug-likeness (QED) is 0.873. The molecular formula is C18H25N3O2S. The van der Waals surface area contributed by atoms with Gasteiger partial charge in [0.15, 0.2) is 0 Å². The fourth-order valence-electron chi connectivity index (χ4n) is 3.51. The van der Waals surface area contributed by atoms with E-state index in [1.54, 1.807) is 11.3 Å². The molecule has 0 aliphatic carbocycles. The van der Waals surface area contributed by atoms with Crippen LogP contribution < -0.4 is 5.32 Å². The standard InChI is InChI=1S/C18H25N3O2S/c1-5-22-6-2-14(1)11-21-12-16-3-7-23-17(18(16)20-21)10-19-9-15-4-8-24-13-15/h4,8,12-14,17,19H,1-3,5-7,9-11H2. The summed E-state index contributed by atoms with van der Waals surface area (Å²) in [7, 11) is 0. The molecule has 2 aliphatic rings. The van der Waals surface area contributed by atoms with Gasteiger partial charge in [0.05, 0.1) is 12.3 Å². The molecule has 1 fully saturated rings. The van der Waals surface area contributed by atoms with E-state index in [2.05, 4.69) is 33.0 Å². The molecule has 130 valence electrons. The molecule has 24 heavy (non-hydrogen) atoms. The van der Waals surface area contributed by atoms with Crippen LogP contribution in [0.1, 0.15) is 35.8 Å². The van der Waals surface area contributed by atoms with E-state index in [0.29, 0.717) is 5.92 Å². The summed E-state index contributed by atoms with van der Waals surface area (Å²) in [6, 6.07) is 2.16. The fraction of sp³-hybridized carbons (Fsp3) is 0.611. The Labute approximate surface area is 147 Å². The number of fused-ring (bicyclic) bond motifs is 1. The summed E-state index contributed by atoms with van der Waals surface area (Å²) in [5.41, 5.74) is 3.82. The van der Waals surface area contributed by atoms with Crippen molar-refractivity contribution < 1.29 is 9.47 Å². The van der Waals surface area contributed by atoms with Gasteiger partial charge in [-0.2, -0.15) is 16.4 Å². The van der Waals surface area contributed by atoms with Crippen LogP contribution in [0.5, 0.6) is 0 Å². The van der Waals surface area contributed by atoms with Gasteiger partial charge in [0.2, 0.25) is 0 Å². The van der Waals surface area contributed by atoms with Crippen LogP contribution in [0, 0.1) is 5.92 Å². The molecule has 2 aliphatic heterocycles. The average Bonchev–Trinajstić information content (AvgIpc) is 3.25. The monoisotopic (exact) mass is 347 g/mol. The molecule has 0 bridgehead atoms. The zero-order chi connectivity index (χ0) is 16.2. The van der Waals surface area contributed by atoms with E-state index in [1.165, 1.54) is 11.1 Å². The van der Waals surface area contributed by atoms with E-state index in [9.17, 15) is 0 Å². The van der Waals surface area contributed by atoms with Crippen molar-refractivity contribution in [3.05, 3.63) is 39.8 Å². The lowest BCUT2D eigenvalue weighted by Crippen LogP contribution is -2.27. The van der Waals surface area contributed by atoms with Crippen molar-refractivity contribution in [1.82, 2.24) is 15.1 Å². The topological polar surface area (TPSA) is 48.3 Å². The summed E-state index contributed by atoms with van der Waals surface area (Å²) in [4.78, 5) is 0. The molecule has 0 aromatic carbocycles. The smallest absolute Gasteiger partial charge is 0.114 e. The van der Waals surface area contributed by atoms with Crippen molar-refractivity contribution in [1.29, 1.82) is 0 Å². The van der Waals surface area contributed by atoms with Crippen molar-refractivity contribution in [3.63, 3.8) is 0 Å². The minimum Gasteiger partial charge on any atom is -0.381 e. The molecule has 6 heteroatoms. The van der Waals surface area contributed by atoms with E-state index in [-0.39, 0.29) is 6.10 Å². The molecule has 2 aromatic heterocycles. The van der Waals surface area contributed by atoms with Gasteiger partial charge in [-0.1, -0.05) is 0 Å². The zero-order valence-electron chi connectivity index (χ0n) is 13.9. The first-order chi connectivity index (χ1) is 11.9. The molecule has 1 unspecified atom stereocenters. The Hall–Kier alpha value is -1.21. The minimum atomic E-state index is 0.0725. The first kappa shape index (κ1) is 16.3. The third-order valence-corrected chi connectivity index (χ3v) is 5.62. The molecule has 5 nitrogen and oxygen atoms in total. The van der Waals surface area contributed by atoms with Crippen molar-refractivity contribution in [2.24, 2.45) is 5.92 Å². The molecule has 1 saturated heterocycles. The average molecular weight is 347 g/mol. The summed E-state index contributed by atoms with van der Waals surface area (Å²) >= 11 is 1.74. The third-order valence-electron chi connectivity index (χ3n) is 4.89. The molecule has 4 heterocycles. The van der Waals surface area contributed by atoms with E-state index in [1.807, 2.05) is 0 Å². The Kier molecular flexibility index (Phi) is 5.27. The van der Waals surface area contributed by atoms with Crippen LogP contribution in [0.2, 0.25) is 0 Å². The van der Waals surface area contributed by atoms with Crippen LogP contribution in [-0.4, -0.2) is 36.1 Å². The Morgan fingerprint density at radius 3 is 3.04 bits per heavy atom. The maximum absolute atomic E-state index is 5.97. The fourth-order valence-corrected chi connectivity index (χ4v) is 4.18. The van der Waals surface area contributed by atoms with Gasteiger partial charge < -0.3 is 14.8 Å². The van der Waals surface area contributed by atoms with Crippen LogP contribution >= 0.6 is 11.3 Å². The zero-order valence-corrected chi connectivity index (χ0v) is 14.8. The van der Waals surface area contributed by atoms with Gasteiger partial charge in [-0.05, 0) is 53.1 Å². The predicted molar refractivity (Wildman–Crippen MR) is 94.2 cm³/mol. The Balaban J connectivity index is 1.36. The third kappa shape index (κ3) is 3.88. The highest BCUT2D eigenvalue weighted by atomic mass is 32.1. The van der Waals surface area contributed by atoms with E-state index < -0.39 is 0 Å².